The number of hydrogen-bond donors (Lipinski definition) is 0. The van der Waals surface area contributed by atoms with Gasteiger partial charge in [0.25, 0.3) is 0 Å². The number of rotatable bonds is 3. The maximum absolute atomic E-state index is 12.4. The van der Waals surface area contributed by atoms with Crippen molar-refractivity contribution in [3.63, 3.8) is 0 Å². The molecule has 1 heterocycles. The van der Waals surface area contributed by atoms with E-state index in [4.69, 9.17) is 0 Å². The number of aromatic nitrogens is 1. The highest BCUT2D eigenvalue weighted by Crippen LogP contribution is 2.18. The third-order valence-corrected chi connectivity index (χ3v) is 3.34. The topological polar surface area (TPSA) is 39.1 Å². The normalized spacial score (nSPS) is 12.1. The molecule has 0 atom stereocenters. The van der Waals surface area contributed by atoms with Gasteiger partial charge < -0.3 is 4.57 Å². The fourth-order valence-electron chi connectivity index (χ4n) is 1.81. The molecule has 0 radical (unpaired) electrons. The van der Waals surface area contributed by atoms with Crippen LogP contribution >= 0.6 is 0 Å². The first kappa shape index (κ1) is 11.1. The summed E-state index contributed by atoms with van der Waals surface area (Å²) in [5.74, 6) is -0.461. The molecule has 1 aromatic heterocycles. The van der Waals surface area contributed by atoms with Gasteiger partial charge in [0.2, 0.25) is 0 Å². The Kier molecular flexibility index (Phi) is 2.71. The Morgan fingerprint density at radius 1 is 1.31 bits per heavy atom. The van der Waals surface area contributed by atoms with Gasteiger partial charge in [0, 0.05) is 24.7 Å². The average molecular weight is 241 g/mol. The Hall–Kier alpha value is -1.36. The molecule has 0 saturated heterocycles. The van der Waals surface area contributed by atoms with E-state index in [9.17, 15) is 12.3 Å². The van der Waals surface area contributed by atoms with Crippen LogP contribution in [0.1, 0.15) is 5.69 Å². The highest BCUT2D eigenvalue weighted by atomic mass is 32.3. The molecule has 1 aromatic carbocycles. The highest BCUT2D eigenvalue weighted by molar-refractivity contribution is 7.86. The van der Waals surface area contributed by atoms with E-state index in [0.29, 0.717) is 0 Å². The van der Waals surface area contributed by atoms with Crippen LogP contribution in [0.25, 0.3) is 10.9 Å². The predicted octanol–water partition coefficient (Wildman–Crippen LogP) is 2.02. The lowest BCUT2D eigenvalue weighted by Crippen LogP contribution is -2.05. The van der Waals surface area contributed by atoms with Crippen LogP contribution < -0.4 is 0 Å². The average Bonchev–Trinajstić information content (AvgIpc) is 2.53. The molecule has 0 fully saturated rings. The molecule has 5 heteroatoms. The van der Waals surface area contributed by atoms with Gasteiger partial charge in [-0.1, -0.05) is 18.2 Å². The van der Waals surface area contributed by atoms with Crippen LogP contribution in [-0.4, -0.2) is 18.7 Å². The number of halogens is 1. The van der Waals surface area contributed by atoms with Gasteiger partial charge in [-0.05, 0) is 17.5 Å². The number of para-hydroxylation sites is 1. The number of nitrogens with zero attached hydrogens (tertiary/aromatic N) is 1. The summed E-state index contributed by atoms with van der Waals surface area (Å²) >= 11 is 0. The van der Waals surface area contributed by atoms with Crippen molar-refractivity contribution < 1.29 is 12.3 Å². The van der Waals surface area contributed by atoms with Gasteiger partial charge in [0.05, 0.1) is 5.75 Å². The molecule has 0 saturated carbocycles. The van der Waals surface area contributed by atoms with Gasteiger partial charge in [-0.15, -0.1) is 3.89 Å². The minimum absolute atomic E-state index is 0.198. The Morgan fingerprint density at radius 2 is 2.00 bits per heavy atom. The Balaban J connectivity index is 2.35. The zero-order chi connectivity index (χ0) is 11.8. The summed E-state index contributed by atoms with van der Waals surface area (Å²) < 4.78 is 35.2. The molecule has 0 unspecified atom stereocenters. The number of aryl methyl sites for hydroxylation is 2. The maximum atomic E-state index is 12.4. The van der Waals surface area contributed by atoms with Crippen molar-refractivity contribution in [3.05, 3.63) is 36.0 Å². The summed E-state index contributed by atoms with van der Waals surface area (Å²) in [7, 11) is -2.54. The largest absolute Gasteiger partial charge is 0.348 e. The van der Waals surface area contributed by atoms with Crippen LogP contribution in [0, 0.1) is 0 Å². The summed E-state index contributed by atoms with van der Waals surface area (Å²) in [6.07, 6.45) is 0.198. The lowest BCUT2D eigenvalue weighted by molar-refractivity contribution is 0.550. The van der Waals surface area contributed by atoms with Crippen LogP contribution in [0.15, 0.2) is 30.3 Å². The van der Waals surface area contributed by atoms with E-state index in [0.717, 1.165) is 16.6 Å². The van der Waals surface area contributed by atoms with Crippen molar-refractivity contribution in [2.45, 2.75) is 6.42 Å². The third kappa shape index (κ3) is 2.24. The van der Waals surface area contributed by atoms with Crippen LogP contribution in [-0.2, 0) is 23.7 Å². The van der Waals surface area contributed by atoms with Gasteiger partial charge in [-0.25, -0.2) is 0 Å². The fourth-order valence-corrected chi connectivity index (χ4v) is 2.27. The number of fused-ring (bicyclic) bond motifs is 1. The van der Waals surface area contributed by atoms with Gasteiger partial charge >= 0.3 is 10.2 Å². The van der Waals surface area contributed by atoms with Crippen LogP contribution in [0.4, 0.5) is 3.89 Å². The van der Waals surface area contributed by atoms with E-state index in [2.05, 4.69) is 0 Å². The molecule has 0 aliphatic rings. The first-order valence-electron chi connectivity index (χ1n) is 4.93. The minimum Gasteiger partial charge on any atom is -0.348 e. The van der Waals surface area contributed by atoms with E-state index in [1.807, 2.05) is 41.9 Å². The number of benzene rings is 1. The molecule has 2 rings (SSSR count). The summed E-state index contributed by atoms with van der Waals surface area (Å²) in [5, 5.41) is 1.04. The van der Waals surface area contributed by atoms with Crippen molar-refractivity contribution >= 4 is 21.1 Å². The van der Waals surface area contributed by atoms with Gasteiger partial charge in [-0.3, -0.25) is 0 Å². The molecule has 0 aliphatic heterocycles. The zero-order valence-corrected chi connectivity index (χ0v) is 9.67. The molecule has 3 nitrogen and oxygen atoms in total. The van der Waals surface area contributed by atoms with Crippen molar-refractivity contribution in [2.75, 3.05) is 5.75 Å². The fraction of sp³-hybridized carbons (Fsp3) is 0.273. The van der Waals surface area contributed by atoms with E-state index in [1.54, 1.807) is 0 Å². The summed E-state index contributed by atoms with van der Waals surface area (Å²) in [6, 6.07) is 9.61. The molecule has 2 aromatic rings. The summed E-state index contributed by atoms with van der Waals surface area (Å²) in [5.41, 5.74) is 1.84. The van der Waals surface area contributed by atoms with E-state index in [-0.39, 0.29) is 6.42 Å². The molecule has 0 aliphatic carbocycles. The lowest BCUT2D eigenvalue weighted by Gasteiger charge is -2.01. The molecule has 0 amide bonds. The number of hydrogen-bond acceptors (Lipinski definition) is 2. The molecule has 16 heavy (non-hydrogen) atoms. The Bertz CT molecular complexity index is 616. The second-order valence-electron chi connectivity index (χ2n) is 3.75. The predicted molar refractivity (Wildman–Crippen MR) is 61.5 cm³/mol. The molecule has 0 spiro atoms. The van der Waals surface area contributed by atoms with E-state index >= 15 is 0 Å². The third-order valence-electron chi connectivity index (χ3n) is 2.65. The second-order valence-corrected chi connectivity index (χ2v) is 5.23. The minimum atomic E-state index is -4.39. The van der Waals surface area contributed by atoms with Crippen molar-refractivity contribution in [1.82, 2.24) is 4.57 Å². The SMILES string of the molecule is Cn1c(CCS(=O)(=O)F)cc2ccccc21. The Labute approximate surface area is 93.7 Å². The molecular weight excluding hydrogens is 229 g/mol. The van der Waals surface area contributed by atoms with Gasteiger partial charge in [-0.2, -0.15) is 8.42 Å². The van der Waals surface area contributed by atoms with Crippen molar-refractivity contribution in [1.29, 1.82) is 0 Å². The smallest absolute Gasteiger partial charge is 0.302 e. The molecular formula is C11H12FNO2S. The molecule has 86 valence electrons. The molecule has 0 N–H and O–H groups in total. The summed E-state index contributed by atoms with van der Waals surface area (Å²) in [4.78, 5) is 0. The van der Waals surface area contributed by atoms with E-state index in [1.165, 1.54) is 0 Å². The molecule has 0 bridgehead atoms. The standard InChI is InChI=1S/C11H12FNO2S/c1-13-10(6-7-16(12,14)15)8-9-4-2-3-5-11(9)13/h2-5,8H,6-7H2,1H3. The van der Waals surface area contributed by atoms with Crippen LogP contribution in [0.2, 0.25) is 0 Å². The maximum Gasteiger partial charge on any atom is 0.302 e. The second kappa shape index (κ2) is 3.90. The van der Waals surface area contributed by atoms with E-state index < -0.39 is 16.0 Å². The quantitative estimate of drug-likeness (QED) is 0.771. The van der Waals surface area contributed by atoms with Crippen LogP contribution in [0.3, 0.4) is 0 Å². The van der Waals surface area contributed by atoms with Gasteiger partial charge in [0.1, 0.15) is 0 Å². The highest BCUT2D eigenvalue weighted by Gasteiger charge is 2.11. The monoisotopic (exact) mass is 241 g/mol. The lowest BCUT2D eigenvalue weighted by atomic mass is 10.2. The van der Waals surface area contributed by atoms with Crippen molar-refractivity contribution in [3.8, 4) is 0 Å². The summed E-state index contributed by atoms with van der Waals surface area (Å²) in [6.45, 7) is 0. The van der Waals surface area contributed by atoms with Gasteiger partial charge in [0.15, 0.2) is 0 Å². The first-order valence-corrected chi connectivity index (χ1v) is 6.48. The van der Waals surface area contributed by atoms with Crippen LogP contribution in [0.5, 0.6) is 0 Å². The van der Waals surface area contributed by atoms with Crippen molar-refractivity contribution in [2.24, 2.45) is 7.05 Å². The zero-order valence-electron chi connectivity index (χ0n) is 8.85. The Morgan fingerprint density at radius 3 is 2.62 bits per heavy atom. The first-order chi connectivity index (χ1) is 7.47.